The van der Waals surface area contributed by atoms with E-state index < -0.39 is 0 Å². The Labute approximate surface area is 94.5 Å². The number of hydrogen-bond donors (Lipinski definition) is 3. The van der Waals surface area contributed by atoms with Crippen LogP contribution >= 0.6 is 0 Å². The minimum Gasteiger partial charge on any atom is -0.341 e. The predicted octanol–water partition coefficient (Wildman–Crippen LogP) is 1.19. The van der Waals surface area contributed by atoms with Crippen molar-refractivity contribution >= 4 is 11.0 Å². The Balaban J connectivity index is 1.81. The number of aromatic amines is 1. The summed E-state index contributed by atoms with van der Waals surface area (Å²) in [7, 11) is 0. The van der Waals surface area contributed by atoms with Crippen molar-refractivity contribution in [3.8, 4) is 0 Å². The van der Waals surface area contributed by atoms with Crippen LogP contribution < -0.4 is 10.6 Å². The van der Waals surface area contributed by atoms with Gasteiger partial charge in [0, 0.05) is 19.1 Å². The van der Waals surface area contributed by atoms with Gasteiger partial charge >= 0.3 is 0 Å². The molecule has 1 unspecified atom stereocenters. The highest BCUT2D eigenvalue weighted by atomic mass is 15.1. The van der Waals surface area contributed by atoms with E-state index in [1.54, 1.807) is 0 Å². The molecule has 4 nitrogen and oxygen atoms in total. The van der Waals surface area contributed by atoms with Crippen molar-refractivity contribution in [3.05, 3.63) is 30.1 Å². The third-order valence-corrected chi connectivity index (χ3v) is 3.09. The van der Waals surface area contributed by atoms with Crippen molar-refractivity contribution in [1.82, 2.24) is 20.6 Å². The van der Waals surface area contributed by atoms with E-state index in [-0.39, 0.29) is 6.04 Å². The summed E-state index contributed by atoms with van der Waals surface area (Å²) in [6.45, 7) is 4.27. The van der Waals surface area contributed by atoms with Crippen LogP contribution in [-0.4, -0.2) is 29.1 Å². The molecule has 1 aromatic heterocycles. The van der Waals surface area contributed by atoms with E-state index in [0.717, 1.165) is 29.9 Å². The number of rotatable bonds is 3. The molecule has 1 saturated heterocycles. The molecule has 16 heavy (non-hydrogen) atoms. The van der Waals surface area contributed by atoms with E-state index >= 15 is 0 Å². The van der Waals surface area contributed by atoms with E-state index in [1.165, 1.54) is 0 Å². The second-order valence-electron chi connectivity index (χ2n) is 4.38. The molecule has 0 radical (unpaired) electrons. The molecule has 84 valence electrons. The lowest BCUT2D eigenvalue weighted by atomic mass is 10.1. The fourth-order valence-corrected chi connectivity index (χ4v) is 2.02. The maximum atomic E-state index is 4.59. The summed E-state index contributed by atoms with van der Waals surface area (Å²) >= 11 is 0. The van der Waals surface area contributed by atoms with Gasteiger partial charge in [0.2, 0.25) is 0 Å². The first-order valence-electron chi connectivity index (χ1n) is 5.74. The Hall–Kier alpha value is -1.39. The molecule has 0 spiro atoms. The highest BCUT2D eigenvalue weighted by Crippen LogP contribution is 2.16. The third-order valence-electron chi connectivity index (χ3n) is 3.09. The fraction of sp³-hybridized carbons (Fsp3) is 0.417. The average Bonchev–Trinajstić information content (AvgIpc) is 2.66. The first-order valence-corrected chi connectivity index (χ1v) is 5.74. The first-order chi connectivity index (χ1) is 7.83. The Bertz CT molecular complexity index is 453. The largest absolute Gasteiger partial charge is 0.341 e. The Morgan fingerprint density at radius 1 is 1.38 bits per heavy atom. The van der Waals surface area contributed by atoms with E-state index in [0.29, 0.717) is 6.04 Å². The number of H-pyrrole nitrogens is 1. The Morgan fingerprint density at radius 3 is 2.88 bits per heavy atom. The van der Waals surface area contributed by atoms with Crippen LogP contribution in [0.2, 0.25) is 0 Å². The number of para-hydroxylation sites is 2. The topological polar surface area (TPSA) is 52.7 Å². The summed E-state index contributed by atoms with van der Waals surface area (Å²) in [5.74, 6) is 1.02. The van der Waals surface area contributed by atoms with Crippen LogP contribution in [0.5, 0.6) is 0 Å². The number of nitrogens with zero attached hydrogens (tertiary/aromatic N) is 1. The normalized spacial score (nSPS) is 18.6. The Morgan fingerprint density at radius 2 is 2.19 bits per heavy atom. The molecule has 1 aromatic carbocycles. The second kappa shape index (κ2) is 3.88. The van der Waals surface area contributed by atoms with Gasteiger partial charge < -0.3 is 15.6 Å². The van der Waals surface area contributed by atoms with Gasteiger partial charge in [0.05, 0.1) is 17.1 Å². The quantitative estimate of drug-likeness (QED) is 0.722. The molecule has 1 fully saturated rings. The molecule has 2 aromatic rings. The minimum absolute atomic E-state index is 0.277. The van der Waals surface area contributed by atoms with Crippen LogP contribution in [0.25, 0.3) is 11.0 Å². The van der Waals surface area contributed by atoms with Crippen molar-refractivity contribution in [2.45, 2.75) is 19.0 Å². The minimum atomic E-state index is 0.277. The maximum absolute atomic E-state index is 4.59. The van der Waals surface area contributed by atoms with E-state index in [4.69, 9.17) is 0 Å². The Kier molecular flexibility index (Phi) is 2.38. The fourth-order valence-electron chi connectivity index (χ4n) is 2.02. The lowest BCUT2D eigenvalue weighted by molar-refractivity contribution is 0.334. The van der Waals surface area contributed by atoms with E-state index in [2.05, 4.69) is 33.6 Å². The molecule has 2 heterocycles. The van der Waals surface area contributed by atoms with Crippen molar-refractivity contribution in [1.29, 1.82) is 0 Å². The summed E-state index contributed by atoms with van der Waals surface area (Å²) in [6, 6.07) is 9.00. The van der Waals surface area contributed by atoms with Crippen molar-refractivity contribution in [2.75, 3.05) is 13.1 Å². The molecule has 0 saturated carbocycles. The molecule has 3 rings (SSSR count). The van der Waals surface area contributed by atoms with Crippen LogP contribution in [0.1, 0.15) is 18.8 Å². The number of hydrogen-bond acceptors (Lipinski definition) is 3. The average molecular weight is 216 g/mol. The first kappa shape index (κ1) is 9.81. The molecule has 3 N–H and O–H groups in total. The molecular weight excluding hydrogens is 200 g/mol. The summed E-state index contributed by atoms with van der Waals surface area (Å²) in [5.41, 5.74) is 2.15. The van der Waals surface area contributed by atoms with Gasteiger partial charge in [-0.05, 0) is 19.1 Å². The van der Waals surface area contributed by atoms with Gasteiger partial charge in [0.25, 0.3) is 0 Å². The summed E-state index contributed by atoms with van der Waals surface area (Å²) < 4.78 is 0. The summed E-state index contributed by atoms with van der Waals surface area (Å²) in [4.78, 5) is 7.94. The zero-order valence-corrected chi connectivity index (χ0v) is 9.33. The monoisotopic (exact) mass is 216 g/mol. The van der Waals surface area contributed by atoms with Crippen LogP contribution in [-0.2, 0) is 0 Å². The van der Waals surface area contributed by atoms with Gasteiger partial charge in [-0.15, -0.1) is 0 Å². The zero-order chi connectivity index (χ0) is 11.0. The van der Waals surface area contributed by atoms with Gasteiger partial charge in [-0.3, -0.25) is 0 Å². The van der Waals surface area contributed by atoms with Crippen LogP contribution in [0.4, 0.5) is 0 Å². The van der Waals surface area contributed by atoms with Crippen molar-refractivity contribution in [2.24, 2.45) is 0 Å². The lowest BCUT2D eigenvalue weighted by Crippen LogP contribution is -2.55. The second-order valence-corrected chi connectivity index (χ2v) is 4.38. The third kappa shape index (κ3) is 1.70. The molecule has 1 atom stereocenters. The highest BCUT2D eigenvalue weighted by Gasteiger charge is 2.20. The number of fused-ring (bicyclic) bond motifs is 1. The lowest BCUT2D eigenvalue weighted by Gasteiger charge is -2.30. The molecular formula is C12H16N4. The molecule has 1 aliphatic rings. The molecule has 0 bridgehead atoms. The number of nitrogens with one attached hydrogen (secondary N) is 3. The number of aromatic nitrogens is 2. The van der Waals surface area contributed by atoms with Crippen molar-refractivity contribution < 1.29 is 0 Å². The number of benzene rings is 1. The number of imidazole rings is 1. The van der Waals surface area contributed by atoms with Gasteiger partial charge in [0.1, 0.15) is 5.82 Å². The highest BCUT2D eigenvalue weighted by molar-refractivity contribution is 5.74. The zero-order valence-electron chi connectivity index (χ0n) is 9.33. The van der Waals surface area contributed by atoms with Gasteiger partial charge in [-0.1, -0.05) is 12.1 Å². The van der Waals surface area contributed by atoms with Gasteiger partial charge in [-0.2, -0.15) is 0 Å². The summed E-state index contributed by atoms with van der Waals surface area (Å²) in [6.07, 6.45) is 0. The maximum Gasteiger partial charge on any atom is 0.124 e. The predicted molar refractivity (Wildman–Crippen MR) is 64.3 cm³/mol. The summed E-state index contributed by atoms with van der Waals surface area (Å²) in [5, 5.41) is 6.79. The standard InChI is InChI=1S/C12H16N4/c1-8(14-9-6-13-7-9)12-15-10-4-2-3-5-11(10)16-12/h2-5,8-9,13-14H,6-7H2,1H3,(H,15,16). The van der Waals surface area contributed by atoms with E-state index in [1.807, 2.05) is 18.2 Å². The SMILES string of the molecule is CC(NC1CNC1)c1nc2ccccc2[nH]1. The van der Waals surface area contributed by atoms with Crippen LogP contribution in [0.15, 0.2) is 24.3 Å². The molecule has 1 aliphatic heterocycles. The molecule has 0 aliphatic carbocycles. The molecule has 0 amide bonds. The van der Waals surface area contributed by atoms with E-state index in [9.17, 15) is 0 Å². The van der Waals surface area contributed by atoms with Crippen LogP contribution in [0, 0.1) is 0 Å². The molecule has 4 heteroatoms. The smallest absolute Gasteiger partial charge is 0.124 e. The van der Waals surface area contributed by atoms with Crippen molar-refractivity contribution in [3.63, 3.8) is 0 Å². The van der Waals surface area contributed by atoms with Gasteiger partial charge in [0.15, 0.2) is 0 Å². The van der Waals surface area contributed by atoms with Crippen LogP contribution in [0.3, 0.4) is 0 Å². The van der Waals surface area contributed by atoms with Gasteiger partial charge in [-0.25, -0.2) is 4.98 Å².